The second-order valence-electron chi connectivity index (χ2n) is 2.96. The maximum atomic E-state index is 11.2. The van der Waals surface area contributed by atoms with E-state index in [-0.39, 0.29) is 11.4 Å². The Bertz CT molecular complexity index is 510. The minimum Gasteiger partial charge on any atom is -0.268 e. The fraction of sp³-hybridized carbons (Fsp3) is 0.100. The Morgan fingerprint density at radius 2 is 2.20 bits per heavy atom. The molecule has 2 aromatic heterocycles. The van der Waals surface area contributed by atoms with E-state index in [0.29, 0.717) is 17.0 Å². The molecular formula is C10H8ClN3O. The average Bonchev–Trinajstić information content (AvgIpc) is 2.31. The van der Waals surface area contributed by atoms with E-state index >= 15 is 0 Å². The molecule has 1 N–H and O–H groups in total. The third kappa shape index (κ3) is 2.05. The zero-order valence-corrected chi connectivity index (χ0v) is 8.53. The predicted molar refractivity (Wildman–Crippen MR) is 57.6 cm³/mol. The molecule has 0 unspecified atom stereocenters. The van der Waals surface area contributed by atoms with Gasteiger partial charge in [0.15, 0.2) is 0 Å². The lowest BCUT2D eigenvalue weighted by Gasteiger charge is -1.99. The van der Waals surface area contributed by atoms with Crippen molar-refractivity contribution in [3.8, 4) is 11.4 Å². The highest BCUT2D eigenvalue weighted by atomic mass is 35.5. The van der Waals surface area contributed by atoms with Crippen molar-refractivity contribution in [1.82, 2.24) is 15.2 Å². The van der Waals surface area contributed by atoms with Gasteiger partial charge < -0.3 is 0 Å². The minimum atomic E-state index is -0.260. The highest BCUT2D eigenvalue weighted by Gasteiger charge is 2.04. The number of hydrogen-bond acceptors (Lipinski definition) is 3. The smallest absolute Gasteiger partial charge is 0.268 e. The van der Waals surface area contributed by atoms with Crippen molar-refractivity contribution in [1.29, 1.82) is 0 Å². The topological polar surface area (TPSA) is 58.6 Å². The molecule has 0 spiro atoms. The summed E-state index contributed by atoms with van der Waals surface area (Å²) in [6, 6.07) is 7.14. The van der Waals surface area contributed by atoms with Gasteiger partial charge in [0.1, 0.15) is 5.69 Å². The van der Waals surface area contributed by atoms with Crippen LogP contribution in [-0.2, 0) is 5.88 Å². The minimum absolute atomic E-state index is 0.164. The molecule has 15 heavy (non-hydrogen) atoms. The van der Waals surface area contributed by atoms with Gasteiger partial charge in [-0.3, -0.25) is 9.78 Å². The Morgan fingerprint density at radius 3 is 2.87 bits per heavy atom. The summed E-state index contributed by atoms with van der Waals surface area (Å²) in [7, 11) is 0. The van der Waals surface area contributed by atoms with E-state index in [9.17, 15) is 4.79 Å². The van der Waals surface area contributed by atoms with E-state index in [4.69, 9.17) is 11.6 Å². The summed E-state index contributed by atoms with van der Waals surface area (Å²) in [5.74, 6) is 0.164. The molecule has 0 radical (unpaired) electrons. The molecule has 4 nitrogen and oxygen atoms in total. The number of H-pyrrole nitrogens is 1. The standard InChI is InChI=1S/C10H8ClN3O/c11-6-7-5-9(13-14-10(7)15)8-3-1-2-4-12-8/h1-5H,6H2,(H,14,15). The van der Waals surface area contributed by atoms with Crippen LogP contribution in [0.2, 0.25) is 0 Å². The van der Waals surface area contributed by atoms with Crippen molar-refractivity contribution < 1.29 is 0 Å². The van der Waals surface area contributed by atoms with Gasteiger partial charge in [0, 0.05) is 11.8 Å². The van der Waals surface area contributed by atoms with Crippen LogP contribution >= 0.6 is 11.6 Å². The van der Waals surface area contributed by atoms with Crippen LogP contribution in [0.3, 0.4) is 0 Å². The summed E-state index contributed by atoms with van der Waals surface area (Å²) in [6.45, 7) is 0. The summed E-state index contributed by atoms with van der Waals surface area (Å²) >= 11 is 5.62. The zero-order chi connectivity index (χ0) is 10.7. The first kappa shape index (κ1) is 9.86. The van der Waals surface area contributed by atoms with Gasteiger partial charge in [-0.15, -0.1) is 11.6 Å². The van der Waals surface area contributed by atoms with E-state index in [1.807, 2.05) is 18.2 Å². The second-order valence-corrected chi connectivity index (χ2v) is 3.22. The first-order valence-corrected chi connectivity index (χ1v) is 4.90. The number of pyridine rings is 1. The Labute approximate surface area is 90.9 Å². The number of alkyl halides is 1. The van der Waals surface area contributed by atoms with Crippen molar-refractivity contribution in [3.63, 3.8) is 0 Å². The molecule has 0 atom stereocenters. The molecule has 0 saturated carbocycles. The largest absolute Gasteiger partial charge is 0.268 e. The monoisotopic (exact) mass is 221 g/mol. The van der Waals surface area contributed by atoms with Crippen LogP contribution in [0.25, 0.3) is 11.4 Å². The van der Waals surface area contributed by atoms with E-state index in [1.165, 1.54) is 0 Å². The average molecular weight is 222 g/mol. The van der Waals surface area contributed by atoms with Gasteiger partial charge >= 0.3 is 0 Å². The number of halogens is 1. The van der Waals surface area contributed by atoms with Gasteiger partial charge in [0.05, 0.1) is 11.6 Å². The number of aromatic nitrogens is 3. The van der Waals surface area contributed by atoms with Crippen LogP contribution in [0.1, 0.15) is 5.56 Å². The number of aromatic amines is 1. The Kier molecular flexibility index (Phi) is 2.78. The molecule has 0 amide bonds. The quantitative estimate of drug-likeness (QED) is 0.784. The molecule has 2 aromatic rings. The van der Waals surface area contributed by atoms with Gasteiger partial charge in [0.25, 0.3) is 5.56 Å². The molecule has 0 aliphatic heterocycles. The molecule has 0 saturated heterocycles. The zero-order valence-electron chi connectivity index (χ0n) is 7.77. The van der Waals surface area contributed by atoms with Crippen LogP contribution in [-0.4, -0.2) is 15.2 Å². The second kappa shape index (κ2) is 4.23. The number of nitrogens with zero attached hydrogens (tertiary/aromatic N) is 2. The van der Waals surface area contributed by atoms with Crippen molar-refractivity contribution in [2.45, 2.75) is 5.88 Å². The van der Waals surface area contributed by atoms with Gasteiger partial charge in [-0.05, 0) is 18.2 Å². The number of rotatable bonds is 2. The third-order valence-corrected chi connectivity index (χ3v) is 2.24. The molecule has 0 aliphatic carbocycles. The lowest BCUT2D eigenvalue weighted by molar-refractivity contribution is 0.965. The maximum absolute atomic E-state index is 11.2. The van der Waals surface area contributed by atoms with Crippen molar-refractivity contribution in [2.24, 2.45) is 0 Å². The number of hydrogen-bond donors (Lipinski definition) is 1. The molecule has 0 bridgehead atoms. The summed E-state index contributed by atoms with van der Waals surface area (Å²) in [6.07, 6.45) is 1.67. The molecule has 76 valence electrons. The molecule has 2 rings (SSSR count). The fourth-order valence-corrected chi connectivity index (χ4v) is 1.39. The highest BCUT2D eigenvalue weighted by Crippen LogP contribution is 2.12. The first-order chi connectivity index (χ1) is 7.31. The van der Waals surface area contributed by atoms with Gasteiger partial charge in [-0.1, -0.05) is 6.07 Å². The van der Waals surface area contributed by atoms with E-state index < -0.39 is 0 Å². The molecule has 0 aliphatic rings. The van der Waals surface area contributed by atoms with E-state index in [0.717, 1.165) is 0 Å². The van der Waals surface area contributed by atoms with Crippen LogP contribution in [0.4, 0.5) is 0 Å². The van der Waals surface area contributed by atoms with Crippen LogP contribution in [0.15, 0.2) is 35.3 Å². The Hall–Kier alpha value is -1.68. The van der Waals surface area contributed by atoms with E-state index in [2.05, 4.69) is 15.2 Å². The molecule has 0 fully saturated rings. The van der Waals surface area contributed by atoms with Crippen LogP contribution < -0.4 is 5.56 Å². The molecule has 2 heterocycles. The Balaban J connectivity index is 2.51. The third-order valence-electron chi connectivity index (χ3n) is 1.95. The van der Waals surface area contributed by atoms with Crippen LogP contribution in [0, 0.1) is 0 Å². The summed E-state index contributed by atoms with van der Waals surface area (Å²) in [5.41, 5.74) is 1.56. The Morgan fingerprint density at radius 1 is 1.33 bits per heavy atom. The van der Waals surface area contributed by atoms with Crippen molar-refractivity contribution >= 4 is 11.6 Å². The lowest BCUT2D eigenvalue weighted by atomic mass is 10.2. The van der Waals surface area contributed by atoms with Gasteiger partial charge in [-0.25, -0.2) is 5.10 Å². The maximum Gasteiger partial charge on any atom is 0.268 e. The summed E-state index contributed by atoms with van der Waals surface area (Å²) in [5, 5.41) is 6.29. The fourth-order valence-electron chi connectivity index (χ4n) is 1.19. The molecule has 0 aromatic carbocycles. The van der Waals surface area contributed by atoms with E-state index in [1.54, 1.807) is 12.3 Å². The van der Waals surface area contributed by atoms with Crippen molar-refractivity contribution in [3.05, 3.63) is 46.4 Å². The van der Waals surface area contributed by atoms with Crippen molar-refractivity contribution in [2.75, 3.05) is 0 Å². The summed E-state index contributed by atoms with van der Waals surface area (Å²) < 4.78 is 0. The molecule has 5 heteroatoms. The molecular weight excluding hydrogens is 214 g/mol. The first-order valence-electron chi connectivity index (χ1n) is 4.37. The summed E-state index contributed by atoms with van der Waals surface area (Å²) in [4.78, 5) is 15.3. The van der Waals surface area contributed by atoms with Gasteiger partial charge in [-0.2, -0.15) is 5.10 Å². The number of nitrogens with one attached hydrogen (secondary N) is 1. The predicted octanol–water partition coefficient (Wildman–Crippen LogP) is 1.57. The van der Waals surface area contributed by atoms with Crippen LogP contribution in [0.5, 0.6) is 0 Å². The van der Waals surface area contributed by atoms with Gasteiger partial charge in [0.2, 0.25) is 0 Å². The SMILES string of the molecule is O=c1[nH]nc(-c2ccccn2)cc1CCl. The normalized spacial score (nSPS) is 10.2. The lowest BCUT2D eigenvalue weighted by Crippen LogP contribution is -2.13. The highest BCUT2D eigenvalue weighted by molar-refractivity contribution is 6.17.